The molecule has 1 aromatic heterocycles. The molecule has 10 heteroatoms. The van der Waals surface area contributed by atoms with E-state index in [1.807, 2.05) is 0 Å². The molecule has 0 saturated carbocycles. The van der Waals surface area contributed by atoms with E-state index in [1.54, 1.807) is 37.3 Å². The maximum atomic E-state index is 12.1. The lowest BCUT2D eigenvalue weighted by atomic mass is 10.0. The Morgan fingerprint density at radius 3 is 2.31 bits per heavy atom. The zero-order valence-corrected chi connectivity index (χ0v) is 18.0. The number of aliphatic carboxylic acids is 1. The Labute approximate surface area is 183 Å². The van der Waals surface area contributed by atoms with Crippen LogP contribution in [0.3, 0.4) is 0 Å². The highest BCUT2D eigenvalue weighted by atomic mass is 16.7. The summed E-state index contributed by atoms with van der Waals surface area (Å²) in [6.07, 6.45) is -0.902. The maximum absolute atomic E-state index is 12.1. The van der Waals surface area contributed by atoms with Crippen LogP contribution in [0.5, 0.6) is 28.9 Å². The highest BCUT2D eigenvalue weighted by Crippen LogP contribution is 2.46. The van der Waals surface area contributed by atoms with Crippen LogP contribution in [0.1, 0.15) is 6.92 Å². The normalized spacial score (nSPS) is 10.5. The topological polar surface area (TPSA) is 126 Å². The third-order valence-corrected chi connectivity index (χ3v) is 4.53. The van der Waals surface area contributed by atoms with Gasteiger partial charge in [0.2, 0.25) is 5.88 Å². The van der Waals surface area contributed by atoms with Gasteiger partial charge < -0.3 is 38.5 Å². The molecule has 0 aliphatic rings. The van der Waals surface area contributed by atoms with E-state index in [9.17, 15) is 9.59 Å². The van der Waals surface area contributed by atoms with Crippen molar-refractivity contribution in [2.75, 3.05) is 34.5 Å². The van der Waals surface area contributed by atoms with Crippen molar-refractivity contribution in [1.29, 1.82) is 0 Å². The lowest BCUT2D eigenvalue weighted by Crippen LogP contribution is -2.11. The third-order valence-electron chi connectivity index (χ3n) is 4.53. The van der Waals surface area contributed by atoms with E-state index in [4.69, 9.17) is 33.5 Å². The number of hydrogen-bond acceptors (Lipinski definition) is 8. The van der Waals surface area contributed by atoms with Crippen molar-refractivity contribution in [3.05, 3.63) is 30.3 Å². The summed E-state index contributed by atoms with van der Waals surface area (Å²) in [6.45, 7) is 1.21. The summed E-state index contributed by atoms with van der Waals surface area (Å²) in [5, 5.41) is 9.69. The van der Waals surface area contributed by atoms with Crippen molar-refractivity contribution in [3.8, 4) is 40.0 Å². The van der Waals surface area contributed by atoms with Crippen LogP contribution in [0.4, 0.5) is 4.79 Å². The van der Waals surface area contributed by atoms with E-state index >= 15 is 0 Å². The number of aromatic amines is 1. The Bertz CT molecular complexity index is 1140. The number of carboxylic acids is 1. The average molecular weight is 445 g/mol. The highest BCUT2D eigenvalue weighted by Gasteiger charge is 2.23. The van der Waals surface area contributed by atoms with Gasteiger partial charge in [0.05, 0.1) is 39.0 Å². The molecule has 32 heavy (non-hydrogen) atoms. The number of aromatic nitrogens is 1. The molecule has 0 atom stereocenters. The number of hydrogen-bond donors (Lipinski definition) is 2. The number of rotatable bonds is 9. The Morgan fingerprint density at radius 1 is 0.969 bits per heavy atom. The van der Waals surface area contributed by atoms with Crippen LogP contribution in [-0.2, 0) is 9.53 Å². The molecule has 2 aromatic carbocycles. The van der Waals surface area contributed by atoms with Gasteiger partial charge in [-0.05, 0) is 25.1 Å². The van der Waals surface area contributed by atoms with E-state index < -0.39 is 18.7 Å². The first-order chi connectivity index (χ1) is 15.4. The van der Waals surface area contributed by atoms with Crippen molar-refractivity contribution in [2.45, 2.75) is 6.92 Å². The molecule has 0 aliphatic carbocycles. The Hall–Kier alpha value is -4.08. The van der Waals surface area contributed by atoms with E-state index in [0.29, 0.717) is 39.3 Å². The molecule has 0 aliphatic heterocycles. The molecule has 0 amide bonds. The van der Waals surface area contributed by atoms with Crippen LogP contribution in [0, 0.1) is 0 Å². The van der Waals surface area contributed by atoms with Gasteiger partial charge in [-0.1, -0.05) is 0 Å². The number of benzene rings is 2. The van der Waals surface area contributed by atoms with Gasteiger partial charge in [-0.25, -0.2) is 9.59 Å². The fraction of sp³-hybridized carbons (Fsp3) is 0.273. The number of ether oxygens (including phenoxy) is 6. The average Bonchev–Trinajstić information content (AvgIpc) is 3.12. The van der Waals surface area contributed by atoms with E-state index in [-0.39, 0.29) is 18.2 Å². The molecular formula is C22H23NO9. The highest BCUT2D eigenvalue weighted by molar-refractivity contribution is 6.02. The summed E-state index contributed by atoms with van der Waals surface area (Å²) < 4.78 is 31.8. The number of carbonyl (C=O) groups is 2. The quantitative estimate of drug-likeness (QED) is 0.472. The minimum Gasteiger partial charge on any atom is -0.497 e. The predicted octanol–water partition coefficient (Wildman–Crippen LogP) is 3.86. The summed E-state index contributed by atoms with van der Waals surface area (Å²) in [6, 6.07) is 8.30. The molecule has 0 fully saturated rings. The monoisotopic (exact) mass is 445 g/mol. The van der Waals surface area contributed by atoms with Gasteiger partial charge in [-0.15, -0.1) is 0 Å². The van der Waals surface area contributed by atoms with Crippen LogP contribution in [0.15, 0.2) is 30.3 Å². The molecule has 170 valence electrons. The summed E-state index contributed by atoms with van der Waals surface area (Å²) >= 11 is 0. The van der Waals surface area contributed by atoms with Gasteiger partial charge >= 0.3 is 12.1 Å². The van der Waals surface area contributed by atoms with Crippen LogP contribution in [0.25, 0.3) is 22.0 Å². The fourth-order valence-corrected chi connectivity index (χ4v) is 3.17. The molecule has 0 spiro atoms. The molecule has 0 radical (unpaired) electrons. The predicted molar refractivity (Wildman–Crippen MR) is 114 cm³/mol. The van der Waals surface area contributed by atoms with Crippen LogP contribution in [0.2, 0.25) is 0 Å². The first kappa shape index (κ1) is 22.6. The number of methoxy groups -OCH3 is 3. The van der Waals surface area contributed by atoms with Gasteiger partial charge in [0.1, 0.15) is 11.5 Å². The fourth-order valence-electron chi connectivity index (χ4n) is 3.17. The Kier molecular flexibility index (Phi) is 6.93. The van der Waals surface area contributed by atoms with Gasteiger partial charge in [0.25, 0.3) is 0 Å². The largest absolute Gasteiger partial charge is 0.515 e. The smallest absolute Gasteiger partial charge is 0.497 e. The molecule has 10 nitrogen and oxygen atoms in total. The van der Waals surface area contributed by atoms with E-state index in [2.05, 4.69) is 4.98 Å². The van der Waals surface area contributed by atoms with Crippen molar-refractivity contribution >= 4 is 23.0 Å². The first-order valence-corrected chi connectivity index (χ1v) is 9.57. The number of H-pyrrole nitrogens is 1. The Morgan fingerprint density at radius 2 is 1.69 bits per heavy atom. The van der Waals surface area contributed by atoms with E-state index in [1.165, 1.54) is 21.3 Å². The third kappa shape index (κ3) is 4.64. The van der Waals surface area contributed by atoms with Crippen molar-refractivity contribution in [1.82, 2.24) is 4.98 Å². The summed E-state index contributed by atoms with van der Waals surface area (Å²) in [7, 11) is 4.49. The van der Waals surface area contributed by atoms with Crippen LogP contribution in [-0.4, -0.2) is 56.8 Å². The number of carbonyl (C=O) groups excluding carboxylic acids is 1. The van der Waals surface area contributed by atoms with E-state index in [0.717, 1.165) is 0 Å². The molecule has 1 heterocycles. The van der Waals surface area contributed by atoms with Gasteiger partial charge in [-0.3, -0.25) is 0 Å². The standard InChI is InChI=1S/C22H23NO9/c1-5-30-22(26)32-21-20(14-9-17(28-3)18(29-4)10-15(14)23-21)13-7-6-12(27-2)8-16(13)31-11-19(24)25/h6-10,23H,5,11H2,1-4H3,(H,24,25). The molecule has 0 unspecified atom stereocenters. The second-order valence-electron chi connectivity index (χ2n) is 6.41. The molecule has 3 aromatic rings. The zero-order valence-electron chi connectivity index (χ0n) is 18.0. The second-order valence-corrected chi connectivity index (χ2v) is 6.41. The molecular weight excluding hydrogens is 422 g/mol. The summed E-state index contributed by atoms with van der Waals surface area (Å²) in [5.41, 5.74) is 1.49. The lowest BCUT2D eigenvalue weighted by Gasteiger charge is -2.13. The Balaban J connectivity index is 2.26. The molecule has 0 bridgehead atoms. The van der Waals surface area contributed by atoms with Gasteiger partial charge in [-0.2, -0.15) is 0 Å². The van der Waals surface area contributed by atoms with Crippen LogP contribution >= 0.6 is 0 Å². The van der Waals surface area contributed by atoms with Crippen molar-refractivity contribution in [3.63, 3.8) is 0 Å². The van der Waals surface area contributed by atoms with Crippen molar-refractivity contribution < 1.29 is 43.1 Å². The molecule has 3 rings (SSSR count). The molecule has 0 saturated heterocycles. The van der Waals surface area contributed by atoms with Crippen molar-refractivity contribution in [2.24, 2.45) is 0 Å². The van der Waals surface area contributed by atoms with Gasteiger partial charge in [0.15, 0.2) is 18.1 Å². The SMILES string of the molecule is CCOC(=O)Oc1[nH]c2cc(OC)c(OC)cc2c1-c1ccc(OC)cc1OCC(=O)O. The number of carboxylic acid groups (broad SMARTS) is 1. The number of nitrogens with one attached hydrogen (secondary N) is 1. The number of fused-ring (bicyclic) bond motifs is 1. The summed E-state index contributed by atoms with van der Waals surface area (Å²) in [5.74, 6) is 0.528. The maximum Gasteiger partial charge on any atom is 0.515 e. The van der Waals surface area contributed by atoms with Crippen LogP contribution < -0.4 is 23.7 Å². The lowest BCUT2D eigenvalue weighted by molar-refractivity contribution is -0.139. The zero-order chi connectivity index (χ0) is 23.3. The minimum absolute atomic E-state index is 0.0825. The first-order valence-electron chi connectivity index (χ1n) is 9.57. The van der Waals surface area contributed by atoms with Gasteiger partial charge in [0, 0.05) is 23.1 Å². The molecule has 2 N–H and O–H groups in total. The minimum atomic E-state index is -1.15. The second kappa shape index (κ2) is 9.82. The summed E-state index contributed by atoms with van der Waals surface area (Å²) in [4.78, 5) is 26.2.